The molecule has 15 nitrogen and oxygen atoms in total. The smallest absolute Gasteiger partial charge is 0.326 e. The van der Waals surface area contributed by atoms with E-state index in [1.807, 2.05) is 13.8 Å². The second kappa shape index (κ2) is 20.6. The molecule has 5 amide bonds. The molecule has 2 aliphatic rings. The molecule has 15 heteroatoms. The van der Waals surface area contributed by atoms with E-state index in [0.717, 1.165) is 12.8 Å². The molecule has 0 aromatic rings. The largest absolute Gasteiger partial charge is 0.480 e. The molecule has 2 rings (SSSR count). The highest BCUT2D eigenvalue weighted by Gasteiger charge is 2.35. The molecule has 1 saturated carbocycles. The Labute approximate surface area is 277 Å². The highest BCUT2D eigenvalue weighted by atomic mass is 16.4. The van der Waals surface area contributed by atoms with Gasteiger partial charge in [-0.3, -0.25) is 24.0 Å². The molecule has 0 spiro atoms. The summed E-state index contributed by atoms with van der Waals surface area (Å²) in [6.45, 7) is 4.50. The maximum absolute atomic E-state index is 13.7. The zero-order valence-electron chi connectivity index (χ0n) is 27.8. The minimum atomic E-state index is -1.16. The Hall–Kier alpha value is -3.56. The Kier molecular flexibility index (Phi) is 17.4. The molecule has 0 radical (unpaired) electrons. The van der Waals surface area contributed by atoms with Gasteiger partial charge in [-0.05, 0) is 89.1 Å². The second-order valence-electron chi connectivity index (χ2n) is 13.1. The van der Waals surface area contributed by atoms with Crippen LogP contribution in [0.3, 0.4) is 0 Å². The van der Waals surface area contributed by atoms with Gasteiger partial charge in [0.15, 0.2) is 0 Å². The molecule has 0 unspecified atom stereocenters. The third-order valence-corrected chi connectivity index (χ3v) is 8.28. The van der Waals surface area contributed by atoms with Crippen molar-refractivity contribution < 1.29 is 33.9 Å². The highest BCUT2D eigenvalue weighted by Crippen LogP contribution is 2.33. The molecule has 1 aliphatic carbocycles. The number of hydrogen-bond acceptors (Lipinski definition) is 9. The van der Waals surface area contributed by atoms with Gasteiger partial charge < -0.3 is 48.9 Å². The minimum absolute atomic E-state index is 0.0123. The van der Waals surface area contributed by atoms with Crippen LogP contribution in [-0.2, 0) is 28.8 Å². The standard InChI is InChI=1S/C32H56N8O7/c1-19(2)17-26(32(46)47)40-31(45)25(18-20-13-14-20)39-30(44)23-10-4-3-9-21(35)27(41)36-22(11-5-7-15-33)28(42)38-24(29(43)37-23)12-6-8-16-34/h3-4,19-26H,5-18,33-35H2,1-2H3,(H,36,41)(H,37,43)(H,38,42)(H,39,44)(H,40,45)(H,46,47)/b4-3+/t21-,22-,23-,24-,25-,26-/m0/s1. The summed E-state index contributed by atoms with van der Waals surface area (Å²) >= 11 is 0. The summed E-state index contributed by atoms with van der Waals surface area (Å²) in [7, 11) is 0. The number of hydrogen-bond donors (Lipinski definition) is 9. The molecule has 266 valence electrons. The average molecular weight is 665 g/mol. The summed E-state index contributed by atoms with van der Waals surface area (Å²) in [5.74, 6) is -3.86. The van der Waals surface area contributed by atoms with E-state index in [2.05, 4.69) is 26.6 Å². The lowest BCUT2D eigenvalue weighted by Gasteiger charge is -2.27. The average Bonchev–Trinajstić information content (AvgIpc) is 3.84. The SMILES string of the molecule is CC(C)C[C@H](NC(=O)[C@H](CC1CC1)NC(=O)[C@@H]1C/C=C/C[C@H](N)C(=O)N[C@@H](CCCCN)C(=O)N[C@@H](CCCCN)C(=O)N1)C(=O)O. The van der Waals surface area contributed by atoms with Crippen LogP contribution in [-0.4, -0.2) is 90.0 Å². The number of aliphatic carboxylic acids is 1. The molecule has 12 N–H and O–H groups in total. The van der Waals surface area contributed by atoms with Gasteiger partial charge in [-0.15, -0.1) is 0 Å². The first-order valence-electron chi connectivity index (χ1n) is 16.9. The summed E-state index contributed by atoms with van der Waals surface area (Å²) in [4.78, 5) is 78.6. The van der Waals surface area contributed by atoms with Crippen LogP contribution in [0.5, 0.6) is 0 Å². The topological polar surface area (TPSA) is 261 Å². The molecule has 1 aliphatic heterocycles. The third-order valence-electron chi connectivity index (χ3n) is 8.28. The zero-order chi connectivity index (χ0) is 34.9. The van der Waals surface area contributed by atoms with Crippen molar-refractivity contribution in [3.63, 3.8) is 0 Å². The Morgan fingerprint density at radius 3 is 1.91 bits per heavy atom. The van der Waals surface area contributed by atoms with Crippen molar-refractivity contribution in [2.75, 3.05) is 13.1 Å². The van der Waals surface area contributed by atoms with Crippen molar-refractivity contribution in [2.24, 2.45) is 29.0 Å². The number of carboxylic acids is 1. The van der Waals surface area contributed by atoms with Crippen LogP contribution in [0, 0.1) is 11.8 Å². The number of nitrogens with two attached hydrogens (primary N) is 3. The van der Waals surface area contributed by atoms with E-state index in [0.29, 0.717) is 51.6 Å². The Morgan fingerprint density at radius 1 is 0.830 bits per heavy atom. The predicted molar refractivity (Wildman–Crippen MR) is 176 cm³/mol. The fourth-order valence-electron chi connectivity index (χ4n) is 5.32. The number of carbonyl (C=O) groups is 6. The molecule has 0 saturated heterocycles. The van der Waals surface area contributed by atoms with Crippen LogP contribution in [0.15, 0.2) is 12.2 Å². The van der Waals surface area contributed by atoms with E-state index in [9.17, 15) is 33.9 Å². The second-order valence-corrected chi connectivity index (χ2v) is 13.1. The normalized spacial score (nSPS) is 24.6. The number of rotatable bonds is 17. The number of carboxylic acid groups (broad SMARTS) is 1. The van der Waals surface area contributed by atoms with E-state index in [-0.39, 0.29) is 37.5 Å². The first-order chi connectivity index (χ1) is 22.4. The van der Waals surface area contributed by atoms with Gasteiger partial charge in [-0.1, -0.05) is 38.8 Å². The minimum Gasteiger partial charge on any atom is -0.480 e. The van der Waals surface area contributed by atoms with Gasteiger partial charge in [0.2, 0.25) is 29.5 Å². The summed E-state index contributed by atoms with van der Waals surface area (Å²) in [6.07, 6.45) is 8.58. The van der Waals surface area contributed by atoms with Crippen molar-refractivity contribution in [2.45, 2.75) is 127 Å². The molecule has 0 aromatic carbocycles. The molecule has 0 bridgehead atoms. The quantitative estimate of drug-likeness (QED) is 0.0696. The first kappa shape index (κ1) is 39.6. The van der Waals surface area contributed by atoms with Crippen LogP contribution in [0.25, 0.3) is 0 Å². The lowest BCUT2D eigenvalue weighted by atomic mass is 10.0. The van der Waals surface area contributed by atoms with Crippen LogP contribution >= 0.6 is 0 Å². The Balaban J connectivity index is 2.32. The highest BCUT2D eigenvalue weighted by molar-refractivity contribution is 5.96. The van der Waals surface area contributed by atoms with Gasteiger partial charge in [-0.2, -0.15) is 0 Å². The zero-order valence-corrected chi connectivity index (χ0v) is 27.8. The summed E-state index contributed by atoms with van der Waals surface area (Å²) in [6, 6.07) is -6.19. The van der Waals surface area contributed by atoms with Gasteiger partial charge in [0.25, 0.3) is 0 Å². The monoisotopic (exact) mass is 664 g/mol. The number of unbranched alkanes of at least 4 members (excludes halogenated alkanes) is 2. The number of carbonyl (C=O) groups excluding carboxylic acids is 5. The Morgan fingerprint density at radius 2 is 1.38 bits per heavy atom. The van der Waals surface area contributed by atoms with E-state index in [1.54, 1.807) is 12.2 Å². The molecule has 1 fully saturated rings. The fourth-order valence-corrected chi connectivity index (χ4v) is 5.32. The van der Waals surface area contributed by atoms with Gasteiger partial charge >= 0.3 is 5.97 Å². The summed E-state index contributed by atoms with van der Waals surface area (Å²) in [5, 5.41) is 23.1. The molecule has 0 aromatic heterocycles. The maximum atomic E-state index is 13.7. The van der Waals surface area contributed by atoms with E-state index >= 15 is 0 Å². The summed E-state index contributed by atoms with van der Waals surface area (Å²) in [5.41, 5.74) is 17.4. The van der Waals surface area contributed by atoms with Gasteiger partial charge in [0.05, 0.1) is 6.04 Å². The van der Waals surface area contributed by atoms with Gasteiger partial charge in [-0.25, -0.2) is 4.79 Å². The third kappa shape index (κ3) is 14.8. The van der Waals surface area contributed by atoms with Crippen LogP contribution in [0.4, 0.5) is 0 Å². The van der Waals surface area contributed by atoms with Crippen molar-refractivity contribution in [1.29, 1.82) is 0 Å². The van der Waals surface area contributed by atoms with Crippen LogP contribution in [0.2, 0.25) is 0 Å². The Bertz CT molecular complexity index is 1100. The number of nitrogens with one attached hydrogen (secondary N) is 5. The maximum Gasteiger partial charge on any atom is 0.326 e. The van der Waals surface area contributed by atoms with Crippen LogP contribution < -0.4 is 43.8 Å². The fraction of sp³-hybridized carbons (Fsp3) is 0.750. The van der Waals surface area contributed by atoms with E-state index in [4.69, 9.17) is 17.2 Å². The van der Waals surface area contributed by atoms with Crippen LogP contribution in [0.1, 0.15) is 90.9 Å². The predicted octanol–water partition coefficient (Wildman–Crippen LogP) is -0.723. The molecule has 6 atom stereocenters. The summed E-state index contributed by atoms with van der Waals surface area (Å²) < 4.78 is 0. The molecular formula is C32H56N8O7. The van der Waals surface area contributed by atoms with E-state index < -0.39 is 71.8 Å². The van der Waals surface area contributed by atoms with Crippen molar-refractivity contribution in [3.05, 3.63) is 12.2 Å². The van der Waals surface area contributed by atoms with Crippen molar-refractivity contribution in [3.8, 4) is 0 Å². The van der Waals surface area contributed by atoms with Gasteiger partial charge in [0, 0.05) is 0 Å². The molecule has 1 heterocycles. The van der Waals surface area contributed by atoms with Crippen molar-refractivity contribution >= 4 is 35.5 Å². The van der Waals surface area contributed by atoms with Gasteiger partial charge in [0.1, 0.15) is 30.2 Å². The molecule has 47 heavy (non-hydrogen) atoms. The van der Waals surface area contributed by atoms with Crippen molar-refractivity contribution in [1.82, 2.24) is 26.6 Å². The lowest BCUT2D eigenvalue weighted by Crippen LogP contribution is -2.59. The lowest BCUT2D eigenvalue weighted by molar-refractivity contribution is -0.143. The number of amides is 5. The molecular weight excluding hydrogens is 608 g/mol. The van der Waals surface area contributed by atoms with E-state index in [1.165, 1.54) is 0 Å². The first-order valence-corrected chi connectivity index (χ1v) is 16.9.